The van der Waals surface area contributed by atoms with Gasteiger partial charge >= 0.3 is 5.97 Å². The van der Waals surface area contributed by atoms with Crippen LogP contribution in [0.5, 0.6) is 0 Å². The molecule has 0 fully saturated rings. The van der Waals surface area contributed by atoms with Crippen molar-refractivity contribution in [3.63, 3.8) is 0 Å². The van der Waals surface area contributed by atoms with Gasteiger partial charge in [-0.3, -0.25) is 4.79 Å². The second kappa shape index (κ2) is 6.56. The van der Waals surface area contributed by atoms with Gasteiger partial charge in [-0.25, -0.2) is 13.2 Å². The lowest BCUT2D eigenvalue weighted by atomic mass is 9.94. The summed E-state index contributed by atoms with van der Waals surface area (Å²) in [5.41, 5.74) is 5.35. The highest BCUT2D eigenvalue weighted by atomic mass is 19.1. The summed E-state index contributed by atoms with van der Waals surface area (Å²) in [5.74, 6) is -3.65. The third kappa shape index (κ3) is 4.24. The van der Waals surface area contributed by atoms with Gasteiger partial charge in [-0.15, -0.1) is 0 Å². The maximum atomic E-state index is 13.5. The minimum Gasteiger partial charge on any atom is -0.469 e. The summed E-state index contributed by atoms with van der Waals surface area (Å²) < 4.78 is 44.2. The highest BCUT2D eigenvalue weighted by Gasteiger charge is 2.21. The Morgan fingerprint density at radius 2 is 1.84 bits per heavy atom. The minimum atomic E-state index is -1.02. The van der Waals surface area contributed by atoms with E-state index in [0.717, 1.165) is 0 Å². The van der Waals surface area contributed by atoms with Crippen LogP contribution >= 0.6 is 0 Å². The number of carbonyl (C=O) groups is 1. The Bertz CT molecular complexity index is 442. The molecule has 1 rings (SSSR count). The first-order chi connectivity index (χ1) is 8.85. The minimum absolute atomic E-state index is 0.106. The van der Waals surface area contributed by atoms with Gasteiger partial charge in [0.2, 0.25) is 0 Å². The van der Waals surface area contributed by atoms with E-state index in [1.54, 1.807) is 6.92 Å². The molecule has 0 saturated carbocycles. The van der Waals surface area contributed by atoms with Crippen LogP contribution in [0, 0.1) is 23.4 Å². The van der Waals surface area contributed by atoms with Crippen LogP contribution in [-0.4, -0.2) is 13.1 Å². The summed E-state index contributed by atoms with van der Waals surface area (Å²) >= 11 is 0. The zero-order valence-corrected chi connectivity index (χ0v) is 10.8. The smallest absolute Gasteiger partial charge is 0.305 e. The SMILES string of the molecule is COC(=O)CC(C)CC(N)c1c(F)cc(F)cc1F. The predicted molar refractivity (Wildman–Crippen MR) is 63.7 cm³/mol. The van der Waals surface area contributed by atoms with Crippen LogP contribution in [0.4, 0.5) is 13.2 Å². The first kappa shape index (κ1) is 15.5. The van der Waals surface area contributed by atoms with Crippen molar-refractivity contribution in [3.8, 4) is 0 Å². The lowest BCUT2D eigenvalue weighted by Crippen LogP contribution is -2.19. The number of benzene rings is 1. The van der Waals surface area contributed by atoms with Gasteiger partial charge in [-0.05, 0) is 12.3 Å². The van der Waals surface area contributed by atoms with Crippen molar-refractivity contribution in [2.75, 3.05) is 7.11 Å². The van der Waals surface area contributed by atoms with Gasteiger partial charge in [0.05, 0.1) is 7.11 Å². The quantitative estimate of drug-likeness (QED) is 0.841. The van der Waals surface area contributed by atoms with Gasteiger partial charge in [0.25, 0.3) is 0 Å². The van der Waals surface area contributed by atoms with Gasteiger partial charge < -0.3 is 10.5 Å². The van der Waals surface area contributed by atoms with Crippen molar-refractivity contribution >= 4 is 5.97 Å². The molecule has 0 heterocycles. The predicted octanol–water partition coefficient (Wildman–Crippen LogP) is 2.69. The Kier molecular flexibility index (Phi) is 5.35. The van der Waals surface area contributed by atoms with Crippen LogP contribution in [0.3, 0.4) is 0 Å². The van der Waals surface area contributed by atoms with E-state index in [4.69, 9.17) is 5.73 Å². The molecule has 6 heteroatoms. The standard InChI is InChI=1S/C13H16F3NO2/c1-7(4-12(18)19-2)3-11(17)13-9(15)5-8(14)6-10(13)16/h5-7,11H,3-4,17H2,1-2H3. The molecule has 0 amide bonds. The topological polar surface area (TPSA) is 52.3 Å². The van der Waals surface area contributed by atoms with Crippen LogP contribution in [0.1, 0.15) is 31.4 Å². The van der Waals surface area contributed by atoms with E-state index < -0.39 is 29.5 Å². The van der Waals surface area contributed by atoms with Crippen molar-refractivity contribution < 1.29 is 22.7 Å². The van der Waals surface area contributed by atoms with E-state index >= 15 is 0 Å². The first-order valence-electron chi connectivity index (χ1n) is 5.82. The van der Waals surface area contributed by atoms with E-state index in [1.807, 2.05) is 0 Å². The van der Waals surface area contributed by atoms with Crippen LogP contribution in [0.15, 0.2) is 12.1 Å². The summed E-state index contributed by atoms with van der Waals surface area (Å²) in [6, 6.07) is 0.229. The van der Waals surface area contributed by atoms with Crippen LogP contribution in [-0.2, 0) is 9.53 Å². The Morgan fingerprint density at radius 3 is 2.32 bits per heavy atom. The van der Waals surface area contributed by atoms with Gasteiger partial charge in [0.15, 0.2) is 0 Å². The largest absolute Gasteiger partial charge is 0.469 e. The molecule has 3 nitrogen and oxygen atoms in total. The Morgan fingerprint density at radius 1 is 1.32 bits per heavy atom. The monoisotopic (exact) mass is 275 g/mol. The molecule has 0 spiro atoms. The molecular formula is C13H16F3NO2. The number of hydrogen-bond acceptors (Lipinski definition) is 3. The molecule has 0 saturated heterocycles. The molecule has 2 N–H and O–H groups in total. The van der Waals surface area contributed by atoms with E-state index in [0.29, 0.717) is 12.1 Å². The molecule has 0 bridgehead atoms. The van der Waals surface area contributed by atoms with Crippen LogP contribution < -0.4 is 5.73 Å². The summed E-state index contributed by atoms with van der Waals surface area (Å²) in [6.45, 7) is 1.72. The summed E-state index contributed by atoms with van der Waals surface area (Å²) in [4.78, 5) is 11.1. The summed E-state index contributed by atoms with van der Waals surface area (Å²) in [5, 5.41) is 0. The lowest BCUT2D eigenvalue weighted by molar-refractivity contribution is -0.141. The second-order valence-electron chi connectivity index (χ2n) is 4.51. The summed E-state index contributed by atoms with van der Waals surface area (Å²) in [7, 11) is 1.26. The molecule has 106 valence electrons. The number of ether oxygens (including phenoxy) is 1. The Labute approximate surface area is 109 Å². The van der Waals surface area contributed by atoms with Gasteiger partial charge in [-0.2, -0.15) is 0 Å². The fourth-order valence-electron chi connectivity index (χ4n) is 1.91. The number of esters is 1. The first-order valence-corrected chi connectivity index (χ1v) is 5.82. The maximum Gasteiger partial charge on any atom is 0.305 e. The van der Waals surface area contributed by atoms with Crippen molar-refractivity contribution in [2.24, 2.45) is 11.7 Å². The molecule has 2 unspecified atom stereocenters. The molecule has 19 heavy (non-hydrogen) atoms. The normalized spacial score (nSPS) is 14.0. The summed E-state index contributed by atoms with van der Waals surface area (Å²) in [6.07, 6.45) is 0.295. The van der Waals surface area contributed by atoms with Crippen LogP contribution in [0.25, 0.3) is 0 Å². The van der Waals surface area contributed by atoms with Crippen molar-refractivity contribution in [1.82, 2.24) is 0 Å². The maximum absolute atomic E-state index is 13.5. The number of methoxy groups -OCH3 is 1. The molecule has 0 aliphatic rings. The van der Waals surface area contributed by atoms with Gasteiger partial charge in [0.1, 0.15) is 17.5 Å². The highest BCUT2D eigenvalue weighted by Crippen LogP contribution is 2.26. The van der Waals surface area contributed by atoms with Crippen molar-refractivity contribution in [3.05, 3.63) is 35.1 Å². The average Bonchev–Trinajstić information content (AvgIpc) is 2.26. The zero-order valence-electron chi connectivity index (χ0n) is 10.8. The number of halogens is 3. The van der Waals surface area contributed by atoms with Gasteiger partial charge in [-0.1, -0.05) is 6.92 Å². The number of hydrogen-bond donors (Lipinski definition) is 1. The fourth-order valence-corrected chi connectivity index (χ4v) is 1.91. The Hall–Kier alpha value is -1.56. The Balaban J connectivity index is 2.78. The zero-order chi connectivity index (χ0) is 14.6. The lowest BCUT2D eigenvalue weighted by Gasteiger charge is -2.18. The fraction of sp³-hybridized carbons (Fsp3) is 0.462. The third-order valence-electron chi connectivity index (χ3n) is 2.81. The molecular weight excluding hydrogens is 259 g/mol. The number of nitrogens with two attached hydrogens (primary N) is 1. The molecule has 0 aliphatic carbocycles. The van der Waals surface area contributed by atoms with Gasteiger partial charge in [0, 0.05) is 30.2 Å². The number of carbonyl (C=O) groups excluding carboxylic acids is 1. The van der Waals surface area contributed by atoms with Crippen molar-refractivity contribution in [1.29, 1.82) is 0 Å². The van der Waals surface area contributed by atoms with E-state index in [-0.39, 0.29) is 24.3 Å². The van der Waals surface area contributed by atoms with E-state index in [2.05, 4.69) is 4.74 Å². The molecule has 1 aromatic rings. The van der Waals surface area contributed by atoms with E-state index in [1.165, 1.54) is 7.11 Å². The molecule has 2 atom stereocenters. The second-order valence-corrected chi connectivity index (χ2v) is 4.51. The van der Waals surface area contributed by atoms with E-state index in [9.17, 15) is 18.0 Å². The highest BCUT2D eigenvalue weighted by molar-refractivity contribution is 5.69. The van der Waals surface area contributed by atoms with Crippen LogP contribution in [0.2, 0.25) is 0 Å². The molecule has 0 radical (unpaired) electrons. The average molecular weight is 275 g/mol. The van der Waals surface area contributed by atoms with Crippen molar-refractivity contribution in [2.45, 2.75) is 25.8 Å². The third-order valence-corrected chi connectivity index (χ3v) is 2.81. The molecule has 0 aromatic heterocycles. The molecule has 0 aliphatic heterocycles. The number of rotatable bonds is 5. The molecule has 1 aromatic carbocycles.